The Balaban J connectivity index is 2.50. The minimum absolute atomic E-state index is 0.0945. The molecular weight excluding hydrogens is 296 g/mol. The fourth-order valence-electron chi connectivity index (χ4n) is 1.68. The average Bonchev–Trinajstić information content (AvgIpc) is 2.47. The van der Waals surface area contributed by atoms with Gasteiger partial charge in [0.2, 0.25) is 0 Å². The predicted molar refractivity (Wildman–Crippen MR) is 77.3 cm³/mol. The number of benzene rings is 1. The van der Waals surface area contributed by atoms with Gasteiger partial charge < -0.3 is 5.73 Å². The molecule has 0 fully saturated rings. The molecule has 2 aromatic rings. The summed E-state index contributed by atoms with van der Waals surface area (Å²) in [5, 5.41) is 10.8. The minimum Gasteiger partial charge on any atom is -0.393 e. The van der Waals surface area contributed by atoms with Crippen molar-refractivity contribution >= 4 is 27.1 Å². The molecule has 9 heteroatoms. The van der Waals surface area contributed by atoms with E-state index >= 15 is 0 Å². The van der Waals surface area contributed by atoms with Gasteiger partial charge in [-0.05, 0) is 24.3 Å². The molecule has 0 radical (unpaired) electrons. The first kappa shape index (κ1) is 14.7. The molecule has 0 spiro atoms. The summed E-state index contributed by atoms with van der Waals surface area (Å²) in [6, 6.07) is 6.52. The molecule has 0 aliphatic carbocycles. The Morgan fingerprint density at radius 2 is 2.05 bits per heavy atom. The zero-order valence-electron chi connectivity index (χ0n) is 11.0. The molecule has 0 aliphatic rings. The van der Waals surface area contributed by atoms with E-state index in [9.17, 15) is 18.5 Å². The molecule has 2 N–H and O–H groups in total. The number of hydrogen-bond donors (Lipinski definition) is 1. The molecule has 0 saturated carbocycles. The number of anilines is 2. The average molecular weight is 308 g/mol. The Bertz CT molecular complexity index is 777. The second kappa shape index (κ2) is 5.37. The first-order valence-electron chi connectivity index (χ1n) is 5.77. The monoisotopic (exact) mass is 308 g/mol. The van der Waals surface area contributed by atoms with E-state index in [1.807, 2.05) is 0 Å². The molecule has 0 amide bonds. The fraction of sp³-hybridized carbons (Fsp3) is 0.0833. The summed E-state index contributed by atoms with van der Waals surface area (Å²) >= 11 is 0. The molecule has 0 atom stereocenters. The largest absolute Gasteiger partial charge is 0.393 e. The van der Waals surface area contributed by atoms with Crippen LogP contribution < -0.4 is 10.0 Å². The summed E-state index contributed by atoms with van der Waals surface area (Å²) in [5.41, 5.74) is 5.26. The third-order valence-electron chi connectivity index (χ3n) is 2.87. The van der Waals surface area contributed by atoms with Crippen LogP contribution in [0.15, 0.2) is 47.6 Å². The summed E-state index contributed by atoms with van der Waals surface area (Å²) in [5.74, 6) is 0. The van der Waals surface area contributed by atoms with Crippen LogP contribution in [0.5, 0.6) is 0 Å². The lowest BCUT2D eigenvalue weighted by molar-refractivity contribution is -0.384. The Kier molecular flexibility index (Phi) is 3.76. The number of pyridine rings is 1. The summed E-state index contributed by atoms with van der Waals surface area (Å²) in [4.78, 5) is 13.7. The van der Waals surface area contributed by atoms with E-state index in [1.165, 1.54) is 31.6 Å². The lowest BCUT2D eigenvalue weighted by Crippen LogP contribution is -2.26. The maximum absolute atomic E-state index is 12.5. The van der Waals surface area contributed by atoms with Gasteiger partial charge in [0.25, 0.3) is 15.7 Å². The van der Waals surface area contributed by atoms with Gasteiger partial charge in [-0.2, -0.15) is 0 Å². The topological polar surface area (TPSA) is 119 Å². The number of hydrogen-bond acceptors (Lipinski definition) is 6. The van der Waals surface area contributed by atoms with Gasteiger partial charge in [-0.25, -0.2) is 8.42 Å². The van der Waals surface area contributed by atoms with E-state index in [2.05, 4.69) is 4.98 Å². The highest BCUT2D eigenvalue weighted by Gasteiger charge is 2.24. The normalized spacial score (nSPS) is 11.1. The fourth-order valence-corrected chi connectivity index (χ4v) is 2.88. The van der Waals surface area contributed by atoms with Crippen LogP contribution in [-0.2, 0) is 10.0 Å². The highest BCUT2D eigenvalue weighted by molar-refractivity contribution is 7.92. The summed E-state index contributed by atoms with van der Waals surface area (Å²) in [6.07, 6.45) is 2.89. The number of nitro benzene ring substituents is 1. The number of nitrogens with two attached hydrogens (primary N) is 1. The van der Waals surface area contributed by atoms with Gasteiger partial charge in [-0.3, -0.25) is 19.4 Å². The van der Waals surface area contributed by atoms with Crippen molar-refractivity contribution in [3.05, 3.63) is 52.8 Å². The molecule has 0 aliphatic heterocycles. The zero-order chi connectivity index (χ0) is 15.6. The maximum Gasteiger partial charge on any atom is 0.293 e. The van der Waals surface area contributed by atoms with Crippen LogP contribution in [0.3, 0.4) is 0 Å². The second-order valence-electron chi connectivity index (χ2n) is 4.16. The maximum atomic E-state index is 12.5. The van der Waals surface area contributed by atoms with Crippen molar-refractivity contribution in [2.45, 2.75) is 4.90 Å². The smallest absolute Gasteiger partial charge is 0.293 e. The number of rotatable bonds is 4. The van der Waals surface area contributed by atoms with Gasteiger partial charge in [-0.15, -0.1) is 0 Å². The highest BCUT2D eigenvalue weighted by Crippen LogP contribution is 2.27. The standard InChI is InChI=1S/C12H12N4O4S/c1-15(9-3-2-6-14-8-9)21(19,20)10-4-5-11(13)12(7-10)16(17)18/h2-8H,13H2,1H3. The third-order valence-corrected chi connectivity index (χ3v) is 4.65. The molecule has 21 heavy (non-hydrogen) atoms. The Hall–Kier alpha value is -2.68. The van der Waals surface area contributed by atoms with E-state index in [4.69, 9.17) is 5.73 Å². The molecule has 2 rings (SSSR count). The van der Waals surface area contributed by atoms with Gasteiger partial charge in [0.05, 0.1) is 21.7 Å². The van der Waals surface area contributed by atoms with Gasteiger partial charge >= 0.3 is 0 Å². The van der Waals surface area contributed by atoms with Crippen molar-refractivity contribution in [3.8, 4) is 0 Å². The number of nitrogen functional groups attached to an aromatic ring is 1. The van der Waals surface area contributed by atoms with Gasteiger partial charge in [0, 0.05) is 19.3 Å². The Morgan fingerprint density at radius 3 is 2.62 bits per heavy atom. The zero-order valence-corrected chi connectivity index (χ0v) is 11.8. The molecular formula is C12H12N4O4S. The van der Waals surface area contributed by atoms with Gasteiger partial charge in [0.1, 0.15) is 5.69 Å². The van der Waals surface area contributed by atoms with Crippen LogP contribution in [0, 0.1) is 10.1 Å². The van der Waals surface area contributed by atoms with Crippen LogP contribution in [-0.4, -0.2) is 25.4 Å². The van der Waals surface area contributed by atoms with Gasteiger partial charge in [-0.1, -0.05) is 0 Å². The SMILES string of the molecule is CN(c1cccnc1)S(=O)(=O)c1ccc(N)c([N+](=O)[O-])c1. The van der Waals surface area contributed by atoms with Crippen LogP contribution in [0.4, 0.5) is 17.1 Å². The quantitative estimate of drug-likeness (QED) is 0.518. The van der Waals surface area contributed by atoms with Crippen molar-refractivity contribution in [3.63, 3.8) is 0 Å². The molecule has 1 aromatic carbocycles. The van der Waals surface area contributed by atoms with E-state index in [1.54, 1.807) is 12.1 Å². The van der Waals surface area contributed by atoms with Crippen LogP contribution in [0.2, 0.25) is 0 Å². The first-order chi connectivity index (χ1) is 9.84. The Morgan fingerprint density at radius 1 is 1.33 bits per heavy atom. The van der Waals surface area contributed by atoms with E-state index < -0.39 is 20.6 Å². The van der Waals surface area contributed by atoms with Crippen LogP contribution in [0.1, 0.15) is 0 Å². The highest BCUT2D eigenvalue weighted by atomic mass is 32.2. The van der Waals surface area contributed by atoms with Crippen molar-refractivity contribution < 1.29 is 13.3 Å². The summed E-state index contributed by atoms with van der Waals surface area (Å²) < 4.78 is 25.9. The van der Waals surface area contributed by atoms with E-state index in [0.29, 0.717) is 5.69 Å². The first-order valence-corrected chi connectivity index (χ1v) is 7.21. The van der Waals surface area contributed by atoms with E-state index in [-0.39, 0.29) is 10.6 Å². The molecule has 0 saturated heterocycles. The lowest BCUT2D eigenvalue weighted by atomic mass is 10.3. The third kappa shape index (κ3) is 2.77. The predicted octanol–water partition coefficient (Wildman–Crippen LogP) is 1.40. The molecule has 8 nitrogen and oxygen atoms in total. The van der Waals surface area contributed by atoms with Crippen molar-refractivity contribution in [1.82, 2.24) is 4.98 Å². The minimum atomic E-state index is -3.93. The number of nitro groups is 1. The van der Waals surface area contributed by atoms with Crippen molar-refractivity contribution in [2.75, 3.05) is 17.1 Å². The molecule has 1 heterocycles. The van der Waals surface area contributed by atoms with Crippen molar-refractivity contribution in [2.24, 2.45) is 0 Å². The molecule has 110 valence electrons. The number of nitrogens with zero attached hydrogens (tertiary/aromatic N) is 3. The van der Waals surface area contributed by atoms with Crippen molar-refractivity contribution in [1.29, 1.82) is 0 Å². The summed E-state index contributed by atoms with van der Waals surface area (Å²) in [6.45, 7) is 0. The Labute approximate surface area is 121 Å². The summed E-state index contributed by atoms with van der Waals surface area (Å²) in [7, 11) is -2.59. The molecule has 0 unspecified atom stereocenters. The molecule has 1 aromatic heterocycles. The van der Waals surface area contributed by atoms with Crippen LogP contribution >= 0.6 is 0 Å². The van der Waals surface area contributed by atoms with Crippen LogP contribution in [0.25, 0.3) is 0 Å². The lowest BCUT2D eigenvalue weighted by Gasteiger charge is -2.18. The van der Waals surface area contributed by atoms with Gasteiger partial charge in [0.15, 0.2) is 0 Å². The molecule has 0 bridgehead atoms. The number of sulfonamides is 1. The van der Waals surface area contributed by atoms with E-state index in [0.717, 1.165) is 10.4 Å². The number of aromatic nitrogens is 1. The second-order valence-corrected chi connectivity index (χ2v) is 6.13.